The molecule has 0 aromatic rings. The molecule has 3 rings (SSSR count). The van der Waals surface area contributed by atoms with E-state index < -0.39 is 0 Å². The van der Waals surface area contributed by atoms with E-state index in [1.807, 2.05) is 11.8 Å². The van der Waals surface area contributed by atoms with Crippen molar-refractivity contribution in [2.24, 2.45) is 23.7 Å². The lowest BCUT2D eigenvalue weighted by atomic mass is 9.98. The number of rotatable bonds is 2. The number of ketones is 1. The molecule has 14 heavy (non-hydrogen) atoms. The van der Waals surface area contributed by atoms with Crippen LogP contribution in [0.25, 0.3) is 0 Å². The Morgan fingerprint density at radius 2 is 1.79 bits per heavy atom. The number of carbonyl (C=O) groups is 1. The fourth-order valence-electron chi connectivity index (χ4n) is 3.45. The van der Waals surface area contributed by atoms with Gasteiger partial charge in [-0.1, -0.05) is 12.8 Å². The van der Waals surface area contributed by atoms with Gasteiger partial charge in [0.15, 0.2) is 0 Å². The summed E-state index contributed by atoms with van der Waals surface area (Å²) in [4.78, 5) is 12.2. The van der Waals surface area contributed by atoms with E-state index in [-0.39, 0.29) is 0 Å². The van der Waals surface area contributed by atoms with Crippen LogP contribution in [0.15, 0.2) is 0 Å². The summed E-state index contributed by atoms with van der Waals surface area (Å²) in [6, 6.07) is 0. The molecular formula is C12H18OS. The molecule has 2 heteroatoms. The minimum absolute atomic E-state index is 0.440. The number of hydrogen-bond donors (Lipinski definition) is 0. The molecule has 2 aliphatic carbocycles. The smallest absolute Gasteiger partial charge is 0.140 e. The Balaban J connectivity index is 1.63. The van der Waals surface area contributed by atoms with Crippen LogP contribution in [0.3, 0.4) is 0 Å². The monoisotopic (exact) mass is 210 g/mol. The van der Waals surface area contributed by atoms with Gasteiger partial charge in [0.2, 0.25) is 0 Å². The van der Waals surface area contributed by atoms with Crippen molar-refractivity contribution in [3.05, 3.63) is 0 Å². The Morgan fingerprint density at radius 3 is 2.36 bits per heavy atom. The summed E-state index contributed by atoms with van der Waals surface area (Å²) < 4.78 is 0. The summed E-state index contributed by atoms with van der Waals surface area (Å²) in [7, 11) is 0. The Kier molecular flexibility index (Phi) is 2.35. The third-order valence-electron chi connectivity index (χ3n) is 4.32. The van der Waals surface area contributed by atoms with Gasteiger partial charge in [-0.3, -0.25) is 4.79 Å². The first kappa shape index (κ1) is 9.26. The molecule has 0 radical (unpaired) electrons. The van der Waals surface area contributed by atoms with Gasteiger partial charge >= 0.3 is 0 Å². The molecule has 0 aromatic carbocycles. The van der Waals surface area contributed by atoms with Gasteiger partial charge in [-0.15, -0.1) is 0 Å². The third-order valence-corrected chi connectivity index (χ3v) is 5.48. The standard InChI is InChI=1S/C12H18OS/c13-12(8-5-6-14-7-8)11-9-3-1-2-4-10(9)11/h8-11H,1-7H2. The average Bonchev–Trinajstić information content (AvgIpc) is 2.70. The minimum Gasteiger partial charge on any atom is -0.299 e. The largest absolute Gasteiger partial charge is 0.299 e. The van der Waals surface area contributed by atoms with Crippen LogP contribution in [0.5, 0.6) is 0 Å². The fraction of sp³-hybridized carbons (Fsp3) is 0.917. The number of Topliss-reactive ketones (excluding diaryl/α,β-unsaturated/α-hetero) is 1. The van der Waals surface area contributed by atoms with Crippen molar-refractivity contribution in [3.8, 4) is 0 Å². The van der Waals surface area contributed by atoms with E-state index in [1.54, 1.807) is 0 Å². The maximum atomic E-state index is 12.2. The second-order valence-corrected chi connectivity index (χ2v) is 6.25. The van der Waals surface area contributed by atoms with E-state index in [1.165, 1.54) is 37.9 Å². The van der Waals surface area contributed by atoms with Crippen molar-refractivity contribution in [2.45, 2.75) is 32.1 Å². The van der Waals surface area contributed by atoms with E-state index in [0.29, 0.717) is 17.6 Å². The SMILES string of the molecule is O=C(C1CCSC1)C1C2CCCCC21. The van der Waals surface area contributed by atoms with Crippen molar-refractivity contribution in [2.75, 3.05) is 11.5 Å². The Hall–Kier alpha value is 0.0200. The van der Waals surface area contributed by atoms with Crippen LogP contribution < -0.4 is 0 Å². The van der Waals surface area contributed by atoms with Crippen LogP contribution in [0.1, 0.15) is 32.1 Å². The molecule has 3 fully saturated rings. The lowest BCUT2D eigenvalue weighted by Gasteiger charge is -2.05. The minimum atomic E-state index is 0.440. The highest BCUT2D eigenvalue weighted by Gasteiger charge is 2.55. The number of hydrogen-bond acceptors (Lipinski definition) is 2. The second kappa shape index (κ2) is 3.55. The average molecular weight is 210 g/mol. The highest BCUT2D eigenvalue weighted by Crippen LogP contribution is 2.57. The van der Waals surface area contributed by atoms with Crippen molar-refractivity contribution < 1.29 is 4.79 Å². The Labute approximate surface area is 90.0 Å². The normalized spacial score (nSPS) is 46.0. The van der Waals surface area contributed by atoms with Gasteiger partial charge < -0.3 is 0 Å². The molecule has 0 spiro atoms. The maximum Gasteiger partial charge on any atom is 0.140 e. The van der Waals surface area contributed by atoms with E-state index in [9.17, 15) is 4.79 Å². The van der Waals surface area contributed by atoms with Gasteiger partial charge in [-0.2, -0.15) is 11.8 Å². The zero-order valence-corrected chi connectivity index (χ0v) is 9.39. The second-order valence-electron chi connectivity index (χ2n) is 5.10. The van der Waals surface area contributed by atoms with Gasteiger partial charge in [0.05, 0.1) is 0 Å². The lowest BCUT2D eigenvalue weighted by Crippen LogP contribution is -2.17. The summed E-state index contributed by atoms with van der Waals surface area (Å²) in [5, 5.41) is 0. The number of thioether (sulfide) groups is 1. The van der Waals surface area contributed by atoms with Gasteiger partial charge in [-0.05, 0) is 36.9 Å². The van der Waals surface area contributed by atoms with Crippen molar-refractivity contribution >= 4 is 17.5 Å². The molecule has 3 aliphatic rings. The van der Waals surface area contributed by atoms with Crippen LogP contribution in [0, 0.1) is 23.7 Å². The molecule has 0 N–H and O–H groups in total. The summed E-state index contributed by atoms with van der Waals surface area (Å²) in [5.41, 5.74) is 0. The molecule has 0 aromatic heterocycles. The zero-order chi connectivity index (χ0) is 9.54. The first-order valence-electron chi connectivity index (χ1n) is 5.99. The zero-order valence-electron chi connectivity index (χ0n) is 8.58. The van der Waals surface area contributed by atoms with Crippen LogP contribution >= 0.6 is 11.8 Å². The van der Waals surface area contributed by atoms with Crippen molar-refractivity contribution in [3.63, 3.8) is 0 Å². The van der Waals surface area contributed by atoms with Gasteiger partial charge in [0, 0.05) is 17.6 Å². The molecule has 78 valence electrons. The van der Waals surface area contributed by atoms with Crippen LogP contribution in [0.2, 0.25) is 0 Å². The molecule has 1 heterocycles. The molecule has 3 unspecified atom stereocenters. The fourth-order valence-corrected chi connectivity index (χ4v) is 4.68. The molecular weight excluding hydrogens is 192 g/mol. The topological polar surface area (TPSA) is 17.1 Å². The van der Waals surface area contributed by atoms with E-state index in [4.69, 9.17) is 0 Å². The quantitative estimate of drug-likeness (QED) is 0.697. The predicted octanol–water partition coefficient (Wildman–Crippen LogP) is 2.74. The molecule has 2 saturated carbocycles. The highest BCUT2D eigenvalue weighted by molar-refractivity contribution is 7.99. The van der Waals surface area contributed by atoms with Crippen molar-refractivity contribution in [1.82, 2.24) is 0 Å². The molecule has 1 nitrogen and oxygen atoms in total. The van der Waals surface area contributed by atoms with E-state index in [2.05, 4.69) is 0 Å². The summed E-state index contributed by atoms with van der Waals surface area (Å²) in [5.74, 6) is 5.58. The third kappa shape index (κ3) is 1.42. The van der Waals surface area contributed by atoms with Crippen LogP contribution in [0.4, 0.5) is 0 Å². The van der Waals surface area contributed by atoms with Gasteiger partial charge in [-0.25, -0.2) is 0 Å². The van der Waals surface area contributed by atoms with Crippen LogP contribution in [-0.2, 0) is 4.79 Å². The predicted molar refractivity (Wildman–Crippen MR) is 59.4 cm³/mol. The van der Waals surface area contributed by atoms with Gasteiger partial charge in [0.25, 0.3) is 0 Å². The molecule has 0 bridgehead atoms. The summed E-state index contributed by atoms with van der Waals surface area (Å²) in [6.45, 7) is 0. The molecule has 1 saturated heterocycles. The number of fused-ring (bicyclic) bond motifs is 1. The van der Waals surface area contributed by atoms with Crippen LogP contribution in [-0.4, -0.2) is 17.3 Å². The number of carbonyl (C=O) groups excluding carboxylic acids is 1. The van der Waals surface area contributed by atoms with E-state index >= 15 is 0 Å². The van der Waals surface area contributed by atoms with Gasteiger partial charge in [0.1, 0.15) is 5.78 Å². The molecule has 1 aliphatic heterocycles. The van der Waals surface area contributed by atoms with Crippen molar-refractivity contribution in [1.29, 1.82) is 0 Å². The molecule has 3 atom stereocenters. The Morgan fingerprint density at radius 1 is 1.07 bits per heavy atom. The summed E-state index contributed by atoms with van der Waals surface area (Å²) in [6.07, 6.45) is 6.62. The first-order valence-corrected chi connectivity index (χ1v) is 7.15. The molecule has 0 amide bonds. The highest BCUT2D eigenvalue weighted by atomic mass is 32.2. The Bertz CT molecular complexity index is 233. The summed E-state index contributed by atoms with van der Waals surface area (Å²) >= 11 is 1.97. The first-order chi connectivity index (χ1) is 6.88. The lowest BCUT2D eigenvalue weighted by molar-refractivity contribution is -0.123. The maximum absolute atomic E-state index is 12.2. The van der Waals surface area contributed by atoms with E-state index in [0.717, 1.165) is 17.6 Å².